The average molecular weight is 297 g/mol. The summed E-state index contributed by atoms with van der Waals surface area (Å²) in [5, 5.41) is 3.84. The van der Waals surface area contributed by atoms with E-state index in [0.717, 1.165) is 34.3 Å². The van der Waals surface area contributed by atoms with Gasteiger partial charge in [-0.3, -0.25) is 0 Å². The molecule has 0 radical (unpaired) electrons. The van der Waals surface area contributed by atoms with E-state index in [1.807, 2.05) is 0 Å². The van der Waals surface area contributed by atoms with E-state index < -0.39 is 0 Å². The minimum absolute atomic E-state index is 0.740. The highest BCUT2D eigenvalue weighted by Gasteiger charge is 2.38. The molecule has 2 fully saturated rings. The molecular formula is C18H38N3+. The Kier molecular flexibility index (Phi) is 6.10. The zero-order valence-corrected chi connectivity index (χ0v) is 15.0. The zero-order chi connectivity index (χ0) is 15.5. The van der Waals surface area contributed by atoms with Crippen molar-refractivity contribution >= 4 is 0 Å². The van der Waals surface area contributed by atoms with Gasteiger partial charge in [0, 0.05) is 12.0 Å². The maximum atomic E-state index is 3.84. The second-order valence-electron chi connectivity index (χ2n) is 8.27. The molecule has 2 rings (SSSR count). The molecule has 21 heavy (non-hydrogen) atoms. The van der Waals surface area contributed by atoms with Gasteiger partial charge >= 0.3 is 0 Å². The summed E-state index contributed by atoms with van der Waals surface area (Å²) in [5.41, 5.74) is 3.76. The fourth-order valence-corrected chi connectivity index (χ4v) is 4.74. The average Bonchev–Trinajstić information content (AvgIpc) is 2.78. The molecule has 2 aliphatic rings. The summed E-state index contributed by atoms with van der Waals surface area (Å²) in [6.45, 7) is 14.6. The standard InChI is InChI=1S/C18H38N3/c1-6-10-21(5)13-16(12-20-21)11-17(14(2)3)18-15(4)8-7-9-19-18/h14-20H,6-13H2,1-5H3/q+1. The van der Waals surface area contributed by atoms with Crippen molar-refractivity contribution in [2.24, 2.45) is 23.7 Å². The van der Waals surface area contributed by atoms with Crippen molar-refractivity contribution in [1.82, 2.24) is 10.7 Å². The molecule has 0 spiro atoms. The lowest BCUT2D eigenvalue weighted by Gasteiger charge is -2.39. The van der Waals surface area contributed by atoms with Crippen molar-refractivity contribution in [2.75, 3.05) is 33.2 Å². The molecule has 2 heterocycles. The summed E-state index contributed by atoms with van der Waals surface area (Å²) in [6.07, 6.45) is 5.43. The van der Waals surface area contributed by atoms with Gasteiger partial charge < -0.3 is 5.32 Å². The monoisotopic (exact) mass is 296 g/mol. The lowest BCUT2D eigenvalue weighted by molar-refractivity contribution is -0.940. The molecule has 2 aliphatic heterocycles. The van der Waals surface area contributed by atoms with E-state index in [9.17, 15) is 0 Å². The first-order valence-electron chi connectivity index (χ1n) is 9.28. The van der Waals surface area contributed by atoms with Gasteiger partial charge in [0.05, 0.1) is 20.1 Å². The summed E-state index contributed by atoms with van der Waals surface area (Å²) in [5.74, 6) is 3.32. The van der Waals surface area contributed by atoms with Gasteiger partial charge in [-0.15, -0.1) is 0 Å². The highest BCUT2D eigenvalue weighted by atomic mass is 15.7. The van der Waals surface area contributed by atoms with Crippen LogP contribution in [0.3, 0.4) is 0 Å². The van der Waals surface area contributed by atoms with Crippen LogP contribution in [0, 0.1) is 23.7 Å². The highest BCUT2D eigenvalue weighted by molar-refractivity contribution is 4.88. The number of hydrogen-bond acceptors (Lipinski definition) is 2. The Morgan fingerprint density at radius 3 is 2.67 bits per heavy atom. The molecule has 0 bridgehead atoms. The Labute approximate surface area is 132 Å². The van der Waals surface area contributed by atoms with E-state index in [-0.39, 0.29) is 0 Å². The van der Waals surface area contributed by atoms with Crippen LogP contribution in [0.1, 0.15) is 53.4 Å². The zero-order valence-electron chi connectivity index (χ0n) is 15.0. The van der Waals surface area contributed by atoms with Gasteiger partial charge in [-0.2, -0.15) is 5.43 Å². The molecule has 3 nitrogen and oxygen atoms in total. The van der Waals surface area contributed by atoms with Crippen LogP contribution in [0.2, 0.25) is 0 Å². The highest BCUT2D eigenvalue weighted by Crippen LogP contribution is 2.33. The molecule has 3 heteroatoms. The second kappa shape index (κ2) is 7.43. The molecule has 0 saturated carbocycles. The first-order chi connectivity index (χ1) is 9.95. The summed E-state index contributed by atoms with van der Waals surface area (Å²) in [6, 6.07) is 0.740. The van der Waals surface area contributed by atoms with Crippen LogP contribution in [-0.2, 0) is 0 Å². The van der Waals surface area contributed by atoms with Crippen molar-refractivity contribution in [1.29, 1.82) is 0 Å². The Balaban J connectivity index is 1.94. The molecule has 0 aliphatic carbocycles. The van der Waals surface area contributed by atoms with E-state index in [0.29, 0.717) is 0 Å². The second-order valence-corrected chi connectivity index (χ2v) is 8.27. The van der Waals surface area contributed by atoms with Gasteiger partial charge in [0.1, 0.15) is 6.54 Å². The largest absolute Gasteiger partial charge is 0.313 e. The minimum Gasteiger partial charge on any atom is -0.313 e. The summed E-state index contributed by atoms with van der Waals surface area (Å²) in [7, 11) is 2.37. The topological polar surface area (TPSA) is 24.1 Å². The van der Waals surface area contributed by atoms with Gasteiger partial charge in [0.15, 0.2) is 0 Å². The van der Waals surface area contributed by atoms with Crippen LogP contribution in [0.15, 0.2) is 0 Å². The summed E-state index contributed by atoms with van der Waals surface area (Å²) < 4.78 is 1.08. The van der Waals surface area contributed by atoms with Crippen LogP contribution >= 0.6 is 0 Å². The van der Waals surface area contributed by atoms with Gasteiger partial charge in [0.25, 0.3) is 0 Å². The number of quaternary nitrogens is 1. The first kappa shape index (κ1) is 17.2. The Morgan fingerprint density at radius 2 is 2.05 bits per heavy atom. The number of nitrogens with zero attached hydrogens (tertiary/aromatic N) is 1. The van der Waals surface area contributed by atoms with Gasteiger partial charge in [0.2, 0.25) is 0 Å². The maximum absolute atomic E-state index is 3.84. The van der Waals surface area contributed by atoms with Gasteiger partial charge in [-0.1, -0.05) is 27.7 Å². The molecule has 5 atom stereocenters. The van der Waals surface area contributed by atoms with E-state index in [1.54, 1.807) is 0 Å². The minimum atomic E-state index is 0.740. The molecular weight excluding hydrogens is 258 g/mol. The Hall–Kier alpha value is -0.120. The number of hydrogen-bond donors (Lipinski definition) is 2. The quantitative estimate of drug-likeness (QED) is 0.736. The molecule has 0 aromatic heterocycles. The van der Waals surface area contributed by atoms with Crippen molar-refractivity contribution in [3.63, 3.8) is 0 Å². The van der Waals surface area contributed by atoms with Crippen molar-refractivity contribution < 1.29 is 4.59 Å². The predicted octanol–water partition coefficient (Wildman–Crippen LogP) is 3.03. The third-order valence-electron chi connectivity index (χ3n) is 5.89. The van der Waals surface area contributed by atoms with Gasteiger partial charge in [-0.25, -0.2) is 4.59 Å². The molecule has 0 amide bonds. The SMILES string of the molecule is CCC[N+]1(C)CC(CC(C(C)C)C2NCCCC2C)CN1. The van der Waals surface area contributed by atoms with Crippen LogP contribution < -0.4 is 10.7 Å². The molecule has 124 valence electrons. The van der Waals surface area contributed by atoms with Crippen molar-refractivity contribution in [3.8, 4) is 0 Å². The van der Waals surface area contributed by atoms with Gasteiger partial charge in [-0.05, 0) is 50.0 Å². The number of rotatable bonds is 6. The first-order valence-corrected chi connectivity index (χ1v) is 9.28. The van der Waals surface area contributed by atoms with E-state index in [4.69, 9.17) is 0 Å². The summed E-state index contributed by atoms with van der Waals surface area (Å²) >= 11 is 0. The lowest BCUT2D eigenvalue weighted by Crippen LogP contribution is -2.50. The third-order valence-corrected chi connectivity index (χ3v) is 5.89. The van der Waals surface area contributed by atoms with Crippen LogP contribution in [-0.4, -0.2) is 43.9 Å². The third kappa shape index (κ3) is 4.43. The Bertz CT molecular complexity index is 318. The van der Waals surface area contributed by atoms with E-state index in [1.165, 1.54) is 51.9 Å². The van der Waals surface area contributed by atoms with Crippen molar-refractivity contribution in [2.45, 2.75) is 59.4 Å². The normalized spacial score (nSPS) is 38.9. The molecule has 0 aromatic rings. The molecule has 2 N–H and O–H groups in total. The molecule has 0 aromatic carbocycles. The maximum Gasteiger partial charge on any atom is 0.100 e. The fraction of sp³-hybridized carbons (Fsp3) is 1.00. The van der Waals surface area contributed by atoms with Crippen LogP contribution in [0.25, 0.3) is 0 Å². The number of piperidine rings is 1. The molecule has 5 unspecified atom stereocenters. The lowest BCUT2D eigenvalue weighted by atomic mass is 9.74. The fourth-order valence-electron chi connectivity index (χ4n) is 4.74. The van der Waals surface area contributed by atoms with E-state index in [2.05, 4.69) is 45.5 Å². The number of nitrogens with one attached hydrogen (secondary N) is 2. The van der Waals surface area contributed by atoms with Crippen LogP contribution in [0.4, 0.5) is 0 Å². The van der Waals surface area contributed by atoms with Crippen molar-refractivity contribution in [3.05, 3.63) is 0 Å². The summed E-state index contributed by atoms with van der Waals surface area (Å²) in [4.78, 5) is 0. The van der Waals surface area contributed by atoms with E-state index >= 15 is 0 Å². The smallest absolute Gasteiger partial charge is 0.100 e. The predicted molar refractivity (Wildman–Crippen MR) is 90.8 cm³/mol. The Morgan fingerprint density at radius 1 is 1.29 bits per heavy atom. The van der Waals surface area contributed by atoms with Crippen LogP contribution in [0.5, 0.6) is 0 Å². The molecule has 2 saturated heterocycles.